The molecule has 0 fully saturated rings. The number of primary amides is 1. The van der Waals surface area contributed by atoms with Crippen LogP contribution in [0.4, 0.5) is 24.5 Å². The summed E-state index contributed by atoms with van der Waals surface area (Å²) in [7, 11) is 0. The first-order valence-electron chi connectivity index (χ1n) is 10.1. The van der Waals surface area contributed by atoms with Gasteiger partial charge in [0.15, 0.2) is 0 Å². The average molecular weight is 467 g/mol. The Morgan fingerprint density at radius 2 is 1.94 bits per heavy atom. The number of para-hydroxylation sites is 1. The van der Waals surface area contributed by atoms with E-state index in [4.69, 9.17) is 11.1 Å². The van der Waals surface area contributed by atoms with E-state index in [1.165, 1.54) is 22.9 Å². The number of alkyl halides is 3. The minimum absolute atomic E-state index is 0.123. The fraction of sp³-hybridized carbons (Fsp3) is 0.125. The number of aliphatic hydroxyl groups is 1. The molecule has 1 amide bonds. The van der Waals surface area contributed by atoms with Crippen molar-refractivity contribution in [3.05, 3.63) is 89.9 Å². The predicted octanol–water partition coefficient (Wildman–Crippen LogP) is 4.06. The molecule has 7 nitrogen and oxygen atoms in total. The molecular weight excluding hydrogens is 447 g/mol. The van der Waals surface area contributed by atoms with Crippen LogP contribution in [-0.2, 0) is 16.9 Å². The molecule has 174 valence electrons. The summed E-state index contributed by atoms with van der Waals surface area (Å²) >= 11 is 0. The number of halogens is 3. The van der Waals surface area contributed by atoms with E-state index in [0.717, 1.165) is 24.5 Å². The molecule has 4 aromatic rings. The first kappa shape index (κ1) is 23.0. The van der Waals surface area contributed by atoms with E-state index in [1.54, 1.807) is 36.5 Å². The third-order valence-corrected chi connectivity index (χ3v) is 5.48. The van der Waals surface area contributed by atoms with Gasteiger partial charge >= 0.3 is 6.18 Å². The van der Waals surface area contributed by atoms with Gasteiger partial charge in [0.2, 0.25) is 11.5 Å². The lowest BCUT2D eigenvalue weighted by Gasteiger charge is -2.31. The molecule has 0 aliphatic heterocycles. The van der Waals surface area contributed by atoms with E-state index in [1.807, 2.05) is 0 Å². The normalized spacial score (nSPS) is 13.4. The number of hydrogen-bond acceptors (Lipinski definition) is 5. The van der Waals surface area contributed by atoms with Gasteiger partial charge < -0.3 is 26.1 Å². The summed E-state index contributed by atoms with van der Waals surface area (Å²) in [4.78, 5) is 15.5. The third kappa shape index (κ3) is 3.99. The summed E-state index contributed by atoms with van der Waals surface area (Å²) in [6.07, 6.45) is -0.0261. The first-order valence-corrected chi connectivity index (χ1v) is 10.1. The maximum atomic E-state index is 14.5. The molecule has 0 saturated heterocycles. The zero-order valence-electron chi connectivity index (χ0n) is 17.7. The van der Waals surface area contributed by atoms with Crippen LogP contribution in [-0.4, -0.2) is 33.0 Å². The van der Waals surface area contributed by atoms with E-state index >= 15 is 0 Å². The molecular formula is C24H20F3N5O2. The van der Waals surface area contributed by atoms with E-state index in [0.29, 0.717) is 16.9 Å². The Kier molecular flexibility index (Phi) is 5.84. The largest absolute Gasteiger partial charge is 0.425 e. The van der Waals surface area contributed by atoms with Gasteiger partial charge in [0.25, 0.3) is 0 Å². The van der Waals surface area contributed by atoms with Crippen molar-refractivity contribution in [2.24, 2.45) is 5.73 Å². The zero-order chi connectivity index (χ0) is 24.5. The molecule has 0 aliphatic carbocycles. The summed E-state index contributed by atoms with van der Waals surface area (Å²) in [5.74, 6) is -0.736. The van der Waals surface area contributed by atoms with Crippen molar-refractivity contribution in [1.29, 1.82) is 5.41 Å². The number of rotatable bonds is 7. The average Bonchev–Trinajstić information content (AvgIpc) is 3.17. The molecule has 0 spiro atoms. The van der Waals surface area contributed by atoms with Crippen LogP contribution in [0.3, 0.4) is 0 Å². The monoisotopic (exact) mass is 467 g/mol. The summed E-state index contributed by atoms with van der Waals surface area (Å²) < 4.78 is 44.9. The summed E-state index contributed by atoms with van der Waals surface area (Å²) in [6, 6.07) is 13.2. The van der Waals surface area contributed by atoms with Crippen LogP contribution < -0.4 is 11.1 Å². The number of aromatic nitrogens is 2. The highest BCUT2D eigenvalue weighted by atomic mass is 19.4. The van der Waals surface area contributed by atoms with Gasteiger partial charge in [0.1, 0.15) is 6.54 Å². The minimum Gasteiger partial charge on any atom is -0.372 e. The molecule has 0 radical (unpaired) electrons. The fourth-order valence-electron chi connectivity index (χ4n) is 3.92. The molecule has 10 heteroatoms. The molecule has 2 heterocycles. The van der Waals surface area contributed by atoms with Gasteiger partial charge in [-0.2, -0.15) is 13.2 Å². The maximum Gasteiger partial charge on any atom is 0.425 e. The highest BCUT2D eigenvalue weighted by molar-refractivity contribution is 5.89. The second kappa shape index (κ2) is 8.64. The van der Waals surface area contributed by atoms with Crippen LogP contribution in [0.2, 0.25) is 0 Å². The van der Waals surface area contributed by atoms with E-state index in [9.17, 15) is 23.1 Å². The van der Waals surface area contributed by atoms with Crippen molar-refractivity contribution >= 4 is 34.4 Å². The van der Waals surface area contributed by atoms with Crippen molar-refractivity contribution < 1.29 is 23.1 Å². The Morgan fingerprint density at radius 3 is 2.59 bits per heavy atom. The Labute approximate surface area is 192 Å². The van der Waals surface area contributed by atoms with E-state index in [-0.39, 0.29) is 17.5 Å². The molecule has 5 N–H and O–H groups in total. The van der Waals surface area contributed by atoms with Crippen molar-refractivity contribution in [1.82, 2.24) is 9.55 Å². The SMILES string of the molecule is N=Cc1cc(C(O)(c2cn(CC(N)=O)c3ccccc23)C(F)(F)F)ccc1Nc1cccnc1. The lowest BCUT2D eigenvalue weighted by Crippen LogP contribution is -2.43. The highest BCUT2D eigenvalue weighted by Crippen LogP contribution is 2.47. The fourth-order valence-corrected chi connectivity index (χ4v) is 3.92. The number of nitrogens with one attached hydrogen (secondary N) is 2. The van der Waals surface area contributed by atoms with Gasteiger partial charge in [-0.1, -0.05) is 24.3 Å². The third-order valence-electron chi connectivity index (χ3n) is 5.48. The van der Waals surface area contributed by atoms with Gasteiger partial charge in [0, 0.05) is 46.3 Å². The van der Waals surface area contributed by atoms with Gasteiger partial charge in [-0.15, -0.1) is 0 Å². The number of benzene rings is 2. The Balaban J connectivity index is 1.89. The number of nitrogens with two attached hydrogens (primary N) is 1. The molecule has 4 rings (SSSR count). The number of carbonyl (C=O) groups is 1. The number of pyridine rings is 1. The number of fused-ring (bicyclic) bond motifs is 1. The number of amides is 1. The number of anilines is 2. The zero-order valence-corrected chi connectivity index (χ0v) is 17.7. The van der Waals surface area contributed by atoms with E-state index in [2.05, 4.69) is 10.3 Å². The minimum atomic E-state index is -5.12. The van der Waals surface area contributed by atoms with Crippen molar-refractivity contribution in [3.63, 3.8) is 0 Å². The number of hydrogen-bond donors (Lipinski definition) is 4. The van der Waals surface area contributed by atoms with Crippen LogP contribution in [0.25, 0.3) is 10.9 Å². The maximum absolute atomic E-state index is 14.5. The molecule has 2 aromatic heterocycles. The first-order chi connectivity index (χ1) is 16.1. The van der Waals surface area contributed by atoms with Gasteiger partial charge in [-0.05, 0) is 35.9 Å². The highest BCUT2D eigenvalue weighted by Gasteiger charge is 2.57. The topological polar surface area (TPSA) is 117 Å². The summed E-state index contributed by atoms with van der Waals surface area (Å²) in [6.45, 7) is -0.353. The van der Waals surface area contributed by atoms with Crippen LogP contribution >= 0.6 is 0 Å². The number of nitrogens with zero attached hydrogens (tertiary/aromatic N) is 2. The lowest BCUT2D eigenvalue weighted by molar-refractivity contribution is -0.247. The molecule has 0 aliphatic rings. The standard InChI is InChI=1S/C24H20F3N5O2/c25-24(26,27)23(34,19-13-32(14-22(29)33)21-6-2-1-5-18(19)21)16-7-8-20(15(10-16)11-28)31-17-4-3-9-30-12-17/h1-13,28,31,34H,14H2,(H2,29,33). The quantitative estimate of drug-likeness (QED) is 0.307. The van der Waals surface area contributed by atoms with Gasteiger partial charge in [-0.25, -0.2) is 0 Å². The van der Waals surface area contributed by atoms with Gasteiger partial charge in [-0.3, -0.25) is 9.78 Å². The predicted molar refractivity (Wildman–Crippen MR) is 122 cm³/mol. The molecule has 34 heavy (non-hydrogen) atoms. The van der Waals surface area contributed by atoms with Crippen LogP contribution in [0.5, 0.6) is 0 Å². The van der Waals surface area contributed by atoms with Crippen LogP contribution in [0.15, 0.2) is 73.2 Å². The van der Waals surface area contributed by atoms with Crippen molar-refractivity contribution in [2.75, 3.05) is 5.32 Å². The lowest BCUT2D eigenvalue weighted by atomic mass is 9.84. The molecule has 1 unspecified atom stereocenters. The summed E-state index contributed by atoms with van der Waals surface area (Å²) in [5, 5.41) is 22.1. The molecule has 2 aromatic carbocycles. The number of carbonyl (C=O) groups excluding carboxylic acids is 1. The smallest absolute Gasteiger partial charge is 0.372 e. The second-order valence-electron chi connectivity index (χ2n) is 7.68. The van der Waals surface area contributed by atoms with Crippen molar-refractivity contribution in [2.45, 2.75) is 18.3 Å². The second-order valence-corrected chi connectivity index (χ2v) is 7.68. The van der Waals surface area contributed by atoms with Gasteiger partial charge in [0.05, 0.1) is 11.9 Å². The Bertz CT molecular complexity index is 1370. The van der Waals surface area contributed by atoms with Crippen LogP contribution in [0, 0.1) is 5.41 Å². The Morgan fingerprint density at radius 1 is 1.18 bits per heavy atom. The van der Waals surface area contributed by atoms with Crippen molar-refractivity contribution in [3.8, 4) is 0 Å². The van der Waals surface area contributed by atoms with Crippen LogP contribution in [0.1, 0.15) is 16.7 Å². The molecule has 0 saturated carbocycles. The molecule has 0 bridgehead atoms. The Hall–Kier alpha value is -4.18. The molecule has 1 atom stereocenters. The summed E-state index contributed by atoms with van der Waals surface area (Å²) in [5.41, 5.74) is 2.33. The van der Waals surface area contributed by atoms with E-state index < -0.39 is 28.8 Å².